The van der Waals surface area contributed by atoms with Gasteiger partial charge in [0, 0.05) is 24.8 Å². The van der Waals surface area contributed by atoms with Crippen molar-refractivity contribution in [1.82, 2.24) is 14.9 Å². The Morgan fingerprint density at radius 2 is 1.44 bits per heavy atom. The van der Waals surface area contributed by atoms with Gasteiger partial charge in [-0.2, -0.15) is 0 Å². The maximum Gasteiger partial charge on any atom is 0.321 e. The van der Waals surface area contributed by atoms with E-state index in [0.29, 0.717) is 17.9 Å². The summed E-state index contributed by atoms with van der Waals surface area (Å²) >= 11 is 0. The van der Waals surface area contributed by atoms with Crippen molar-refractivity contribution in [3.63, 3.8) is 0 Å². The van der Waals surface area contributed by atoms with E-state index in [2.05, 4.69) is 15.6 Å². The van der Waals surface area contributed by atoms with Crippen LogP contribution in [0, 0.1) is 0 Å². The van der Waals surface area contributed by atoms with Crippen molar-refractivity contribution < 1.29 is 14.7 Å². The predicted molar refractivity (Wildman–Crippen MR) is 153 cm³/mol. The van der Waals surface area contributed by atoms with Gasteiger partial charge in [0.2, 0.25) is 5.91 Å². The molecule has 7 nitrogen and oxygen atoms in total. The summed E-state index contributed by atoms with van der Waals surface area (Å²) in [5, 5.41) is 18.2. The van der Waals surface area contributed by atoms with Gasteiger partial charge >= 0.3 is 5.97 Å². The molecule has 0 aliphatic heterocycles. The van der Waals surface area contributed by atoms with E-state index in [9.17, 15) is 14.7 Å². The number of nitrogens with one attached hydrogen (secondary N) is 2. The zero-order valence-corrected chi connectivity index (χ0v) is 21.4. The number of rotatable bonds is 11. The van der Waals surface area contributed by atoms with Gasteiger partial charge in [0.15, 0.2) is 0 Å². The minimum absolute atomic E-state index is 0.236. The van der Waals surface area contributed by atoms with Crippen LogP contribution in [0.1, 0.15) is 16.8 Å². The van der Waals surface area contributed by atoms with Crippen LogP contribution >= 0.6 is 0 Å². The molecule has 1 heterocycles. The van der Waals surface area contributed by atoms with E-state index in [1.807, 2.05) is 114 Å². The van der Waals surface area contributed by atoms with Gasteiger partial charge in [-0.15, -0.1) is 0 Å². The number of hydrogen-bond acceptors (Lipinski definition) is 4. The van der Waals surface area contributed by atoms with Gasteiger partial charge in [0.1, 0.15) is 6.04 Å². The minimum atomic E-state index is -1.02. The quantitative estimate of drug-likeness (QED) is 0.231. The van der Waals surface area contributed by atoms with Gasteiger partial charge in [-0.3, -0.25) is 14.9 Å². The Morgan fingerprint density at radius 1 is 0.769 bits per heavy atom. The summed E-state index contributed by atoms with van der Waals surface area (Å²) in [6.07, 6.45) is 4.12. The smallest absolute Gasteiger partial charge is 0.321 e. The monoisotopic (exact) mass is 518 g/mol. The molecule has 4 aromatic carbocycles. The Hall–Kier alpha value is -4.75. The fourth-order valence-electron chi connectivity index (χ4n) is 4.64. The van der Waals surface area contributed by atoms with Crippen LogP contribution in [0.2, 0.25) is 0 Å². The van der Waals surface area contributed by atoms with Crippen LogP contribution in [0.15, 0.2) is 116 Å². The number of imidazole rings is 1. The molecule has 0 aliphatic carbocycles. The van der Waals surface area contributed by atoms with E-state index < -0.39 is 18.1 Å². The average molecular weight is 519 g/mol. The first-order valence-corrected chi connectivity index (χ1v) is 12.9. The minimum Gasteiger partial charge on any atom is -0.480 e. The Labute approximate surface area is 227 Å². The predicted octanol–water partition coefficient (Wildman–Crippen LogP) is 4.92. The van der Waals surface area contributed by atoms with E-state index in [4.69, 9.17) is 0 Å². The molecule has 2 atom stereocenters. The van der Waals surface area contributed by atoms with Crippen LogP contribution in [-0.2, 0) is 29.0 Å². The Morgan fingerprint density at radius 3 is 2.15 bits per heavy atom. The maximum absolute atomic E-state index is 13.6. The zero-order chi connectivity index (χ0) is 27.0. The molecule has 0 radical (unpaired) electrons. The highest BCUT2D eigenvalue weighted by atomic mass is 16.4. The molecule has 1 unspecified atom stereocenters. The fourth-order valence-corrected chi connectivity index (χ4v) is 4.64. The number of carboxylic acids is 1. The highest BCUT2D eigenvalue weighted by Gasteiger charge is 2.27. The second kappa shape index (κ2) is 12.2. The third-order valence-corrected chi connectivity index (χ3v) is 6.62. The first kappa shape index (κ1) is 25.9. The maximum atomic E-state index is 13.6. The van der Waals surface area contributed by atoms with Gasteiger partial charge in [-0.25, -0.2) is 4.98 Å². The topological polar surface area (TPSA) is 96.3 Å². The first-order chi connectivity index (χ1) is 19.0. The van der Waals surface area contributed by atoms with E-state index >= 15 is 0 Å². The number of fused-ring (bicyclic) bond motifs is 1. The molecule has 196 valence electrons. The molecule has 0 aliphatic rings. The molecule has 0 saturated heterocycles. The van der Waals surface area contributed by atoms with Gasteiger partial charge in [0.05, 0.1) is 18.1 Å². The summed E-state index contributed by atoms with van der Waals surface area (Å²) in [6, 6.07) is 31.3. The van der Waals surface area contributed by atoms with Crippen molar-refractivity contribution in [2.75, 3.05) is 5.32 Å². The molecule has 39 heavy (non-hydrogen) atoms. The molecule has 5 aromatic rings. The summed E-state index contributed by atoms with van der Waals surface area (Å²) in [4.78, 5) is 30.3. The number of hydrogen-bond donors (Lipinski definition) is 3. The first-order valence-electron chi connectivity index (χ1n) is 12.9. The summed E-state index contributed by atoms with van der Waals surface area (Å²) < 4.78 is 1.96. The van der Waals surface area contributed by atoms with Crippen LogP contribution in [0.3, 0.4) is 0 Å². The lowest BCUT2D eigenvalue weighted by Gasteiger charge is -2.23. The third-order valence-electron chi connectivity index (χ3n) is 6.62. The van der Waals surface area contributed by atoms with Crippen LogP contribution in [-0.4, -0.2) is 38.6 Å². The second-order valence-electron chi connectivity index (χ2n) is 9.58. The highest BCUT2D eigenvalue weighted by Crippen LogP contribution is 2.19. The molecule has 0 bridgehead atoms. The lowest BCUT2D eigenvalue weighted by atomic mass is 10.0. The summed E-state index contributed by atoms with van der Waals surface area (Å²) in [5.74, 6) is -1.33. The summed E-state index contributed by atoms with van der Waals surface area (Å²) in [5.41, 5.74) is 3.35. The Bertz CT molecular complexity index is 1550. The number of carbonyl (C=O) groups is 2. The second-order valence-corrected chi connectivity index (χ2v) is 9.58. The van der Waals surface area contributed by atoms with E-state index in [0.717, 1.165) is 21.9 Å². The Balaban J connectivity index is 1.36. The molecule has 1 amide bonds. The molecule has 0 saturated carbocycles. The van der Waals surface area contributed by atoms with Crippen LogP contribution in [0.5, 0.6) is 0 Å². The van der Waals surface area contributed by atoms with Gasteiger partial charge in [-0.05, 0) is 40.5 Å². The normalized spacial score (nSPS) is 12.6. The van der Waals surface area contributed by atoms with Crippen molar-refractivity contribution >= 4 is 28.3 Å². The van der Waals surface area contributed by atoms with Crippen molar-refractivity contribution in [3.05, 3.63) is 132 Å². The molecule has 1 aromatic heterocycles. The standard InChI is InChI=1S/C32H30N4O3/c37-31(34-27-16-15-25-13-7-8-14-26(25)18-27)29(35-30(32(38)39)17-23-9-3-1-4-10-23)19-28-21-36(22-33-28)20-24-11-5-2-6-12-24/h1-16,18,21-22,29-30,35H,17,19-20H2,(H,34,37)(H,38,39)/t29?,30-/m1/s1. The molecular weight excluding hydrogens is 488 g/mol. The van der Waals surface area contributed by atoms with Gasteiger partial charge in [0.25, 0.3) is 0 Å². The molecular formula is C32H30N4O3. The summed E-state index contributed by atoms with van der Waals surface area (Å²) in [6.45, 7) is 0.654. The SMILES string of the molecule is O=C(Nc1ccc2ccccc2c1)C(Cc1cn(Cc2ccccc2)cn1)N[C@H](Cc1ccccc1)C(=O)O. The number of anilines is 1. The average Bonchev–Trinajstić information content (AvgIpc) is 3.39. The molecule has 7 heteroatoms. The number of carboxylic acid groups (broad SMARTS) is 1. The molecule has 5 rings (SSSR count). The fraction of sp³-hybridized carbons (Fsp3) is 0.156. The van der Waals surface area contributed by atoms with Crippen molar-refractivity contribution in [3.8, 4) is 0 Å². The van der Waals surface area contributed by atoms with E-state index in [1.165, 1.54) is 0 Å². The lowest BCUT2D eigenvalue weighted by molar-refractivity contribution is -0.139. The number of amides is 1. The van der Waals surface area contributed by atoms with Crippen molar-refractivity contribution in [2.24, 2.45) is 0 Å². The molecule has 0 spiro atoms. The number of aromatic nitrogens is 2. The van der Waals surface area contributed by atoms with Crippen molar-refractivity contribution in [1.29, 1.82) is 0 Å². The van der Waals surface area contributed by atoms with E-state index in [1.54, 1.807) is 6.33 Å². The van der Waals surface area contributed by atoms with Gasteiger partial charge in [-0.1, -0.05) is 91.0 Å². The van der Waals surface area contributed by atoms with Crippen LogP contribution in [0.25, 0.3) is 10.8 Å². The van der Waals surface area contributed by atoms with Crippen LogP contribution in [0.4, 0.5) is 5.69 Å². The lowest BCUT2D eigenvalue weighted by Crippen LogP contribution is -2.51. The third kappa shape index (κ3) is 6.97. The number of carbonyl (C=O) groups excluding carboxylic acids is 1. The van der Waals surface area contributed by atoms with Crippen molar-refractivity contribution in [2.45, 2.75) is 31.5 Å². The molecule has 3 N–H and O–H groups in total. The zero-order valence-electron chi connectivity index (χ0n) is 21.4. The summed E-state index contributed by atoms with van der Waals surface area (Å²) in [7, 11) is 0. The number of nitrogens with zero attached hydrogens (tertiary/aromatic N) is 2. The Kier molecular flexibility index (Phi) is 8.09. The highest BCUT2D eigenvalue weighted by molar-refractivity contribution is 5.97. The van der Waals surface area contributed by atoms with E-state index in [-0.39, 0.29) is 18.7 Å². The number of aliphatic carboxylic acids is 1. The van der Waals surface area contributed by atoms with Gasteiger partial charge < -0.3 is 15.0 Å². The molecule has 0 fully saturated rings. The number of benzene rings is 4. The van der Waals surface area contributed by atoms with Crippen LogP contribution < -0.4 is 10.6 Å². The largest absolute Gasteiger partial charge is 0.480 e.